The molecule has 0 radical (unpaired) electrons. The van der Waals surface area contributed by atoms with Crippen molar-refractivity contribution >= 4 is 10.9 Å². The minimum Gasteiger partial charge on any atom is -0.493 e. The lowest BCUT2D eigenvalue weighted by Gasteiger charge is -2.13. The van der Waals surface area contributed by atoms with Crippen molar-refractivity contribution in [3.8, 4) is 39.8 Å². The van der Waals surface area contributed by atoms with Gasteiger partial charge in [0.15, 0.2) is 11.5 Å². The quantitative estimate of drug-likeness (QED) is 0.583. The third-order valence-corrected chi connectivity index (χ3v) is 4.38. The molecule has 4 aromatic rings. The number of ether oxygens (including phenoxy) is 3. The first-order valence-electron chi connectivity index (χ1n) is 8.31. The summed E-state index contributed by atoms with van der Waals surface area (Å²) in [5.41, 5.74) is 4.12. The van der Waals surface area contributed by atoms with Gasteiger partial charge in [-0.15, -0.1) is 5.10 Å². The van der Waals surface area contributed by atoms with Crippen molar-refractivity contribution in [1.29, 1.82) is 0 Å². The highest BCUT2D eigenvalue weighted by Gasteiger charge is 2.19. The summed E-state index contributed by atoms with van der Waals surface area (Å²) in [6, 6.07) is 13.7. The van der Waals surface area contributed by atoms with Crippen LogP contribution in [0.2, 0.25) is 0 Å². The zero-order valence-corrected chi connectivity index (χ0v) is 15.2. The highest BCUT2D eigenvalue weighted by atomic mass is 16.5. The summed E-state index contributed by atoms with van der Waals surface area (Å²) < 4.78 is 16.3. The van der Waals surface area contributed by atoms with Crippen LogP contribution >= 0.6 is 0 Å². The summed E-state index contributed by atoms with van der Waals surface area (Å²) in [7, 11) is 4.74. The van der Waals surface area contributed by atoms with Crippen LogP contribution < -0.4 is 14.2 Å². The summed E-state index contributed by atoms with van der Waals surface area (Å²) in [6.07, 6.45) is 1.78. The number of aromatic amines is 1. The Morgan fingerprint density at radius 2 is 1.63 bits per heavy atom. The Bertz CT molecular complexity index is 1080. The van der Waals surface area contributed by atoms with Gasteiger partial charge in [-0.05, 0) is 24.3 Å². The maximum absolute atomic E-state index is 5.45. The van der Waals surface area contributed by atoms with Crippen LogP contribution in [0.1, 0.15) is 0 Å². The normalized spacial score (nSPS) is 10.8. The molecule has 7 nitrogen and oxygen atoms in total. The van der Waals surface area contributed by atoms with E-state index in [-0.39, 0.29) is 0 Å². The number of nitrogens with zero attached hydrogens (tertiary/aromatic N) is 3. The molecule has 2 aromatic carbocycles. The Balaban J connectivity index is 1.86. The molecule has 0 spiro atoms. The van der Waals surface area contributed by atoms with Gasteiger partial charge in [0.25, 0.3) is 0 Å². The average Bonchev–Trinajstić information content (AvgIpc) is 3.22. The Hall–Kier alpha value is -3.61. The Kier molecular flexibility index (Phi) is 4.33. The Morgan fingerprint density at radius 3 is 2.33 bits per heavy atom. The van der Waals surface area contributed by atoms with Crippen molar-refractivity contribution < 1.29 is 14.2 Å². The first-order valence-corrected chi connectivity index (χ1v) is 8.31. The molecule has 2 aromatic heterocycles. The van der Waals surface area contributed by atoms with Crippen molar-refractivity contribution in [1.82, 2.24) is 20.4 Å². The second kappa shape index (κ2) is 6.95. The van der Waals surface area contributed by atoms with Gasteiger partial charge in [-0.1, -0.05) is 23.4 Å². The van der Waals surface area contributed by atoms with E-state index in [1.54, 1.807) is 27.5 Å². The number of nitrogens with one attached hydrogen (secondary N) is 1. The first-order chi connectivity index (χ1) is 13.2. The molecule has 0 bridgehead atoms. The van der Waals surface area contributed by atoms with Crippen LogP contribution in [0.3, 0.4) is 0 Å². The fourth-order valence-corrected chi connectivity index (χ4v) is 3.07. The van der Waals surface area contributed by atoms with E-state index < -0.39 is 0 Å². The van der Waals surface area contributed by atoms with Crippen LogP contribution in [0.25, 0.3) is 33.4 Å². The summed E-state index contributed by atoms with van der Waals surface area (Å²) >= 11 is 0. The minimum atomic E-state index is 0.531. The zero-order chi connectivity index (χ0) is 18.8. The molecule has 0 fully saturated rings. The van der Waals surface area contributed by atoms with Gasteiger partial charge in [-0.3, -0.25) is 10.1 Å². The third-order valence-electron chi connectivity index (χ3n) is 4.38. The second-order valence-electron chi connectivity index (χ2n) is 5.86. The number of methoxy groups -OCH3 is 3. The number of pyridine rings is 1. The van der Waals surface area contributed by atoms with Gasteiger partial charge in [0.1, 0.15) is 5.69 Å². The largest absolute Gasteiger partial charge is 0.493 e. The first kappa shape index (κ1) is 16.8. The van der Waals surface area contributed by atoms with Gasteiger partial charge in [-0.2, -0.15) is 0 Å². The van der Waals surface area contributed by atoms with E-state index in [0.717, 1.165) is 27.7 Å². The van der Waals surface area contributed by atoms with Gasteiger partial charge in [0.2, 0.25) is 5.75 Å². The summed E-state index contributed by atoms with van der Waals surface area (Å²) in [4.78, 5) is 4.42. The van der Waals surface area contributed by atoms with Crippen molar-refractivity contribution in [3.05, 3.63) is 48.7 Å². The molecule has 4 rings (SSSR count). The van der Waals surface area contributed by atoms with Crippen LogP contribution in [-0.4, -0.2) is 41.7 Å². The van der Waals surface area contributed by atoms with Crippen LogP contribution in [-0.2, 0) is 0 Å². The molecule has 7 heteroatoms. The number of rotatable bonds is 5. The molecule has 0 amide bonds. The van der Waals surface area contributed by atoms with E-state index in [4.69, 9.17) is 14.2 Å². The molecule has 136 valence electrons. The molecule has 0 atom stereocenters. The van der Waals surface area contributed by atoms with Crippen LogP contribution in [0.4, 0.5) is 0 Å². The molecule has 0 unspecified atom stereocenters. The highest BCUT2D eigenvalue weighted by Crippen LogP contribution is 2.42. The predicted molar refractivity (Wildman–Crippen MR) is 102 cm³/mol. The topological polar surface area (TPSA) is 82.2 Å². The lowest BCUT2D eigenvalue weighted by molar-refractivity contribution is 0.324. The minimum absolute atomic E-state index is 0.531. The fraction of sp³-hybridized carbons (Fsp3) is 0.150. The predicted octanol–water partition coefficient (Wildman–Crippen LogP) is 3.71. The maximum atomic E-state index is 5.45. The van der Waals surface area contributed by atoms with Crippen LogP contribution in [0.5, 0.6) is 17.2 Å². The molecule has 2 heterocycles. The van der Waals surface area contributed by atoms with Crippen molar-refractivity contribution in [2.45, 2.75) is 0 Å². The molecular weight excluding hydrogens is 344 g/mol. The van der Waals surface area contributed by atoms with Gasteiger partial charge in [0.05, 0.1) is 32.5 Å². The number of fused-ring (bicyclic) bond motifs is 1. The van der Waals surface area contributed by atoms with E-state index in [0.29, 0.717) is 22.9 Å². The van der Waals surface area contributed by atoms with E-state index in [9.17, 15) is 0 Å². The number of H-pyrrole nitrogens is 1. The summed E-state index contributed by atoms with van der Waals surface area (Å²) in [6.45, 7) is 0. The number of aromatic nitrogens is 4. The molecular formula is C20H18N4O3. The van der Waals surface area contributed by atoms with Crippen LogP contribution in [0.15, 0.2) is 48.7 Å². The Labute approximate surface area is 155 Å². The highest BCUT2D eigenvalue weighted by molar-refractivity contribution is 5.87. The molecule has 27 heavy (non-hydrogen) atoms. The molecule has 0 aliphatic rings. The van der Waals surface area contributed by atoms with E-state index in [1.807, 2.05) is 42.5 Å². The van der Waals surface area contributed by atoms with Crippen molar-refractivity contribution in [2.75, 3.05) is 21.3 Å². The fourth-order valence-electron chi connectivity index (χ4n) is 3.07. The molecule has 0 aliphatic carbocycles. The number of hydrogen-bond donors (Lipinski definition) is 1. The summed E-state index contributed by atoms with van der Waals surface area (Å²) in [5.74, 6) is 1.64. The number of hydrogen-bond acceptors (Lipinski definition) is 6. The standard InChI is InChI=1S/C20H18N4O3/c1-25-16-10-14(11-17(26-2)20(16)27-3)19-18(22-24-23-19)13-7-6-12-5-4-8-21-15(12)9-13/h4-11H,1-3H3,(H,22,23,24). The molecule has 1 N–H and O–H groups in total. The SMILES string of the molecule is COc1cc(-c2nn[nH]c2-c2ccc3cccnc3c2)cc(OC)c1OC. The molecule has 0 saturated carbocycles. The Morgan fingerprint density at radius 1 is 0.852 bits per heavy atom. The van der Waals surface area contributed by atoms with Gasteiger partial charge in [0, 0.05) is 22.7 Å². The second-order valence-corrected chi connectivity index (χ2v) is 5.86. The van der Waals surface area contributed by atoms with Crippen molar-refractivity contribution in [2.24, 2.45) is 0 Å². The monoisotopic (exact) mass is 362 g/mol. The number of benzene rings is 2. The van der Waals surface area contributed by atoms with Gasteiger partial charge in [-0.25, -0.2) is 0 Å². The zero-order valence-electron chi connectivity index (χ0n) is 15.2. The van der Waals surface area contributed by atoms with Gasteiger partial charge >= 0.3 is 0 Å². The maximum Gasteiger partial charge on any atom is 0.203 e. The van der Waals surface area contributed by atoms with Crippen LogP contribution in [0, 0.1) is 0 Å². The van der Waals surface area contributed by atoms with E-state index >= 15 is 0 Å². The van der Waals surface area contributed by atoms with Gasteiger partial charge < -0.3 is 14.2 Å². The average molecular weight is 362 g/mol. The third kappa shape index (κ3) is 2.93. The van der Waals surface area contributed by atoms with E-state index in [1.165, 1.54) is 0 Å². The van der Waals surface area contributed by atoms with E-state index in [2.05, 4.69) is 20.4 Å². The molecule has 0 aliphatic heterocycles. The summed E-state index contributed by atoms with van der Waals surface area (Å²) in [5, 5.41) is 12.3. The molecule has 0 saturated heterocycles. The van der Waals surface area contributed by atoms with Crippen molar-refractivity contribution in [3.63, 3.8) is 0 Å². The lowest BCUT2D eigenvalue weighted by atomic mass is 10.0. The smallest absolute Gasteiger partial charge is 0.203 e. The lowest BCUT2D eigenvalue weighted by Crippen LogP contribution is -1.96.